The van der Waals surface area contributed by atoms with Crippen molar-refractivity contribution in [3.05, 3.63) is 0 Å². The largest absolute Gasteiger partial charge is 0.378 e. The van der Waals surface area contributed by atoms with Gasteiger partial charge in [-0.3, -0.25) is 4.79 Å². The SMILES string of the molecule is CCOC1CC(N(C)C(=O)C2CCCNC2)C1(CC)CC. The molecule has 0 aromatic rings. The van der Waals surface area contributed by atoms with Gasteiger partial charge in [-0.25, -0.2) is 0 Å². The maximum atomic E-state index is 12.8. The Labute approximate surface area is 129 Å². The van der Waals surface area contributed by atoms with Crippen LogP contribution in [0, 0.1) is 11.3 Å². The second kappa shape index (κ2) is 7.10. The Morgan fingerprint density at radius 3 is 2.57 bits per heavy atom. The number of hydrogen-bond donors (Lipinski definition) is 1. The molecule has 0 bridgehead atoms. The van der Waals surface area contributed by atoms with E-state index in [0.717, 1.165) is 51.8 Å². The fourth-order valence-corrected chi connectivity index (χ4v) is 4.39. The van der Waals surface area contributed by atoms with E-state index in [0.29, 0.717) is 18.1 Å². The van der Waals surface area contributed by atoms with Crippen LogP contribution in [0.5, 0.6) is 0 Å². The molecule has 1 N–H and O–H groups in total. The van der Waals surface area contributed by atoms with Crippen LogP contribution in [0.3, 0.4) is 0 Å². The average Bonchev–Trinajstić information content (AvgIpc) is 2.52. The third-order valence-electron chi connectivity index (χ3n) is 5.89. The summed E-state index contributed by atoms with van der Waals surface area (Å²) in [4.78, 5) is 14.8. The molecule has 0 aromatic heterocycles. The Balaban J connectivity index is 2.04. The van der Waals surface area contributed by atoms with Crippen molar-refractivity contribution < 1.29 is 9.53 Å². The summed E-state index contributed by atoms with van der Waals surface area (Å²) in [6, 6.07) is 0.346. The van der Waals surface area contributed by atoms with Crippen molar-refractivity contribution in [1.82, 2.24) is 10.2 Å². The van der Waals surface area contributed by atoms with E-state index in [4.69, 9.17) is 4.74 Å². The predicted molar refractivity (Wildman–Crippen MR) is 85.2 cm³/mol. The first kappa shape index (κ1) is 16.8. The Kier molecular flexibility index (Phi) is 5.67. The van der Waals surface area contributed by atoms with Crippen molar-refractivity contribution >= 4 is 5.91 Å². The molecule has 2 aliphatic rings. The summed E-state index contributed by atoms with van der Waals surface area (Å²) in [5.41, 5.74) is 0.155. The van der Waals surface area contributed by atoms with Crippen molar-refractivity contribution in [2.75, 3.05) is 26.7 Å². The van der Waals surface area contributed by atoms with Gasteiger partial charge in [0.25, 0.3) is 0 Å². The topological polar surface area (TPSA) is 41.6 Å². The molecule has 1 heterocycles. The summed E-state index contributed by atoms with van der Waals surface area (Å²) in [7, 11) is 2.00. The summed E-state index contributed by atoms with van der Waals surface area (Å²) in [5, 5.41) is 3.35. The Hall–Kier alpha value is -0.610. The number of nitrogens with one attached hydrogen (secondary N) is 1. The quantitative estimate of drug-likeness (QED) is 0.818. The number of nitrogens with zero attached hydrogens (tertiary/aromatic N) is 1. The van der Waals surface area contributed by atoms with Crippen molar-refractivity contribution in [3.8, 4) is 0 Å². The van der Waals surface area contributed by atoms with E-state index in [1.165, 1.54) is 0 Å². The highest BCUT2D eigenvalue weighted by molar-refractivity contribution is 5.79. The van der Waals surface area contributed by atoms with Gasteiger partial charge < -0.3 is 15.0 Å². The summed E-state index contributed by atoms with van der Waals surface area (Å²) >= 11 is 0. The molecule has 1 aliphatic heterocycles. The summed E-state index contributed by atoms with van der Waals surface area (Å²) in [5.74, 6) is 0.495. The van der Waals surface area contributed by atoms with Crippen molar-refractivity contribution in [3.63, 3.8) is 0 Å². The van der Waals surface area contributed by atoms with E-state index < -0.39 is 0 Å². The van der Waals surface area contributed by atoms with Gasteiger partial charge in [-0.1, -0.05) is 13.8 Å². The monoisotopic (exact) mass is 296 g/mol. The molecule has 2 rings (SSSR count). The number of hydrogen-bond acceptors (Lipinski definition) is 3. The molecule has 1 amide bonds. The number of amides is 1. The van der Waals surface area contributed by atoms with Gasteiger partial charge in [-0.15, -0.1) is 0 Å². The number of carbonyl (C=O) groups excluding carboxylic acids is 1. The van der Waals surface area contributed by atoms with E-state index >= 15 is 0 Å². The molecular weight excluding hydrogens is 264 g/mol. The molecule has 0 aromatic carbocycles. The van der Waals surface area contributed by atoms with Crippen LogP contribution in [0.25, 0.3) is 0 Å². The predicted octanol–water partition coefficient (Wildman–Crippen LogP) is 2.43. The van der Waals surface area contributed by atoms with E-state index in [9.17, 15) is 4.79 Å². The van der Waals surface area contributed by atoms with Crippen LogP contribution in [-0.4, -0.2) is 49.7 Å². The van der Waals surface area contributed by atoms with Crippen LogP contribution in [-0.2, 0) is 9.53 Å². The molecule has 0 radical (unpaired) electrons. The third kappa shape index (κ3) is 2.98. The fraction of sp³-hybridized carbons (Fsp3) is 0.941. The lowest BCUT2D eigenvalue weighted by Gasteiger charge is -2.58. The molecule has 2 fully saturated rings. The standard InChI is InChI=1S/C17H32N2O2/c1-5-17(6-2)14(11-15(17)21-7-3)19(4)16(20)13-9-8-10-18-12-13/h13-15,18H,5-12H2,1-4H3. The lowest BCUT2D eigenvalue weighted by molar-refractivity contribution is -0.179. The molecular formula is C17H32N2O2. The Morgan fingerprint density at radius 1 is 1.33 bits per heavy atom. The molecule has 1 saturated heterocycles. The molecule has 21 heavy (non-hydrogen) atoms. The number of ether oxygens (including phenoxy) is 1. The van der Waals surface area contributed by atoms with E-state index in [1.807, 2.05) is 11.9 Å². The first-order chi connectivity index (χ1) is 10.1. The van der Waals surface area contributed by atoms with Gasteiger partial charge in [0.15, 0.2) is 0 Å². The molecule has 0 spiro atoms. The van der Waals surface area contributed by atoms with Crippen molar-refractivity contribution in [2.24, 2.45) is 11.3 Å². The van der Waals surface area contributed by atoms with Gasteiger partial charge in [-0.2, -0.15) is 0 Å². The Morgan fingerprint density at radius 2 is 2.05 bits per heavy atom. The van der Waals surface area contributed by atoms with E-state index in [1.54, 1.807) is 0 Å². The van der Waals surface area contributed by atoms with E-state index in [2.05, 4.69) is 26.1 Å². The van der Waals surface area contributed by atoms with Gasteiger partial charge in [0.2, 0.25) is 5.91 Å². The zero-order chi connectivity index (χ0) is 15.5. The average molecular weight is 296 g/mol. The summed E-state index contributed by atoms with van der Waals surface area (Å²) < 4.78 is 5.93. The second-order valence-corrected chi connectivity index (χ2v) is 6.63. The smallest absolute Gasteiger partial charge is 0.226 e. The molecule has 3 unspecified atom stereocenters. The summed E-state index contributed by atoms with van der Waals surface area (Å²) in [6.07, 6.45) is 5.63. The van der Waals surface area contributed by atoms with E-state index in [-0.39, 0.29) is 11.3 Å². The highest BCUT2D eigenvalue weighted by atomic mass is 16.5. The van der Waals surface area contributed by atoms with Crippen LogP contribution in [0.4, 0.5) is 0 Å². The molecule has 122 valence electrons. The van der Waals surface area contributed by atoms with Gasteiger partial charge in [0.05, 0.1) is 12.0 Å². The van der Waals surface area contributed by atoms with Gasteiger partial charge in [-0.05, 0) is 45.6 Å². The molecule has 3 atom stereocenters. The third-order valence-corrected chi connectivity index (χ3v) is 5.89. The maximum absolute atomic E-state index is 12.8. The van der Waals surface area contributed by atoms with Gasteiger partial charge in [0.1, 0.15) is 0 Å². The van der Waals surface area contributed by atoms with Crippen LogP contribution in [0.1, 0.15) is 52.9 Å². The first-order valence-corrected chi connectivity index (χ1v) is 8.69. The molecule has 1 aliphatic carbocycles. The molecule has 1 saturated carbocycles. The normalized spacial score (nSPS) is 31.5. The zero-order valence-electron chi connectivity index (χ0n) is 14.2. The number of carbonyl (C=O) groups is 1. The minimum atomic E-state index is 0.155. The minimum absolute atomic E-state index is 0.155. The van der Waals surface area contributed by atoms with Crippen LogP contribution in [0.2, 0.25) is 0 Å². The van der Waals surface area contributed by atoms with Gasteiger partial charge in [0, 0.05) is 31.7 Å². The molecule has 4 nitrogen and oxygen atoms in total. The highest BCUT2D eigenvalue weighted by Gasteiger charge is 2.56. The highest BCUT2D eigenvalue weighted by Crippen LogP contribution is 2.51. The minimum Gasteiger partial charge on any atom is -0.378 e. The fourth-order valence-electron chi connectivity index (χ4n) is 4.39. The van der Waals surface area contributed by atoms with Crippen LogP contribution in [0.15, 0.2) is 0 Å². The van der Waals surface area contributed by atoms with Crippen molar-refractivity contribution in [1.29, 1.82) is 0 Å². The van der Waals surface area contributed by atoms with Gasteiger partial charge >= 0.3 is 0 Å². The molecule has 4 heteroatoms. The van der Waals surface area contributed by atoms with Crippen LogP contribution >= 0.6 is 0 Å². The van der Waals surface area contributed by atoms with Crippen LogP contribution < -0.4 is 5.32 Å². The lowest BCUT2D eigenvalue weighted by Crippen LogP contribution is -2.65. The summed E-state index contributed by atoms with van der Waals surface area (Å²) in [6.45, 7) is 9.20. The number of piperidine rings is 1. The zero-order valence-corrected chi connectivity index (χ0v) is 14.2. The Bertz CT molecular complexity index is 349. The van der Waals surface area contributed by atoms with Crippen molar-refractivity contribution in [2.45, 2.75) is 65.0 Å². The first-order valence-electron chi connectivity index (χ1n) is 8.69. The maximum Gasteiger partial charge on any atom is 0.226 e. The number of rotatable bonds is 6. The lowest BCUT2D eigenvalue weighted by atomic mass is 9.58. The second-order valence-electron chi connectivity index (χ2n) is 6.63.